The number of allylic oxidation sites excluding steroid dienone is 1. The summed E-state index contributed by atoms with van der Waals surface area (Å²) in [7, 11) is 0. The Labute approximate surface area is 185 Å². The largest absolute Gasteiger partial charge is 0.507 e. The smallest absolute Gasteiger partial charge is 0.227 e. The molecule has 0 unspecified atom stereocenters. The van der Waals surface area contributed by atoms with Crippen LogP contribution in [0.5, 0.6) is 11.5 Å². The Bertz CT molecular complexity index is 889. The molecule has 0 atom stereocenters. The Hall–Kier alpha value is -2.30. The molecule has 31 heavy (non-hydrogen) atoms. The monoisotopic (exact) mass is 425 g/mol. The molecule has 4 rings (SSSR count). The van der Waals surface area contributed by atoms with E-state index in [1.807, 2.05) is 11.8 Å². The molecular weight excluding hydrogens is 390 g/mol. The second kappa shape index (κ2) is 9.05. The highest BCUT2D eigenvalue weighted by Crippen LogP contribution is 2.49. The van der Waals surface area contributed by atoms with Gasteiger partial charge in [0.1, 0.15) is 17.1 Å². The lowest BCUT2D eigenvalue weighted by Crippen LogP contribution is -2.44. The van der Waals surface area contributed by atoms with Crippen LogP contribution >= 0.6 is 0 Å². The number of aryl methyl sites for hydroxylation is 1. The first kappa shape index (κ1) is 21.9. The molecule has 0 aromatic heterocycles. The summed E-state index contributed by atoms with van der Waals surface area (Å²) < 4.78 is 6.65. The Kier molecular flexibility index (Phi) is 6.40. The maximum Gasteiger partial charge on any atom is 0.227 e. The molecule has 1 aliphatic carbocycles. The minimum Gasteiger partial charge on any atom is -0.507 e. The standard InChI is InChI=1S/C26H35NO4/c1-3-4-10-19(16-22(30)27-13-8-9-14-27)24-20(28)15-18(2)23-21(29)17-26(31-25(23)24)11-6-5-7-12-26/h10,15,28H,3-9,11-14,16-17H2,1-2H3/b19-10+. The van der Waals surface area contributed by atoms with Crippen molar-refractivity contribution in [2.75, 3.05) is 13.1 Å². The number of fused-ring (bicyclic) bond motifs is 1. The maximum absolute atomic E-state index is 13.3. The van der Waals surface area contributed by atoms with E-state index in [1.165, 1.54) is 6.42 Å². The van der Waals surface area contributed by atoms with Crippen molar-refractivity contribution in [1.82, 2.24) is 4.90 Å². The fourth-order valence-electron chi connectivity index (χ4n) is 5.46. The van der Waals surface area contributed by atoms with Crippen LogP contribution < -0.4 is 4.74 Å². The van der Waals surface area contributed by atoms with Gasteiger partial charge in [-0.3, -0.25) is 9.59 Å². The summed E-state index contributed by atoms with van der Waals surface area (Å²) in [6, 6.07) is 1.66. The average Bonchev–Trinajstić information content (AvgIpc) is 3.26. The zero-order valence-electron chi connectivity index (χ0n) is 19.0. The summed E-state index contributed by atoms with van der Waals surface area (Å²) in [6.45, 7) is 5.55. The first-order chi connectivity index (χ1) is 14.9. The van der Waals surface area contributed by atoms with Gasteiger partial charge in [-0.05, 0) is 69.1 Å². The fraction of sp³-hybridized carbons (Fsp3) is 0.615. The number of carbonyl (C=O) groups is 2. The number of ether oxygens (including phenoxy) is 1. The van der Waals surface area contributed by atoms with E-state index in [0.29, 0.717) is 23.3 Å². The first-order valence-electron chi connectivity index (χ1n) is 12.0. The number of likely N-dealkylation sites (tertiary alicyclic amines) is 1. The zero-order valence-corrected chi connectivity index (χ0v) is 19.0. The molecule has 1 aromatic rings. The van der Waals surface area contributed by atoms with E-state index < -0.39 is 5.60 Å². The van der Waals surface area contributed by atoms with Crippen LogP contribution in [0, 0.1) is 6.92 Å². The van der Waals surface area contributed by atoms with Crippen molar-refractivity contribution in [3.63, 3.8) is 0 Å². The number of Topliss-reactive ketones (excluding diaryl/α,β-unsaturated/α-hetero) is 1. The Morgan fingerprint density at radius 3 is 2.58 bits per heavy atom. The zero-order chi connectivity index (χ0) is 22.0. The van der Waals surface area contributed by atoms with Gasteiger partial charge in [-0.1, -0.05) is 25.8 Å². The summed E-state index contributed by atoms with van der Waals surface area (Å²) in [4.78, 5) is 28.2. The number of unbranched alkanes of at least 4 members (excludes halogenated alkanes) is 1. The maximum atomic E-state index is 13.3. The first-order valence-corrected chi connectivity index (χ1v) is 12.0. The molecule has 5 nitrogen and oxygen atoms in total. The second-order valence-corrected chi connectivity index (χ2v) is 9.52. The third-order valence-electron chi connectivity index (χ3n) is 7.10. The molecule has 0 radical (unpaired) electrons. The van der Waals surface area contributed by atoms with Crippen LogP contribution in [-0.4, -0.2) is 40.4 Å². The predicted octanol–water partition coefficient (Wildman–Crippen LogP) is 5.56. The van der Waals surface area contributed by atoms with E-state index in [4.69, 9.17) is 4.74 Å². The number of phenolic OH excluding ortho intramolecular Hbond substituents is 1. The number of benzene rings is 1. The molecule has 2 aliphatic heterocycles. The summed E-state index contributed by atoms with van der Waals surface area (Å²) in [5.74, 6) is 0.798. The minimum absolute atomic E-state index is 0.0862. The number of carbonyl (C=O) groups excluding carboxylic acids is 2. The number of ketones is 1. The van der Waals surface area contributed by atoms with Gasteiger partial charge in [0.2, 0.25) is 5.91 Å². The molecule has 5 heteroatoms. The molecule has 168 valence electrons. The molecular formula is C26H35NO4. The van der Waals surface area contributed by atoms with Gasteiger partial charge in [-0.2, -0.15) is 0 Å². The van der Waals surface area contributed by atoms with Crippen LogP contribution in [0.3, 0.4) is 0 Å². The van der Waals surface area contributed by atoms with Crippen LogP contribution in [0.25, 0.3) is 5.57 Å². The molecule has 1 aromatic carbocycles. The highest BCUT2D eigenvalue weighted by Gasteiger charge is 2.43. The quantitative estimate of drug-likeness (QED) is 0.670. The van der Waals surface area contributed by atoms with Gasteiger partial charge in [-0.25, -0.2) is 0 Å². The van der Waals surface area contributed by atoms with E-state index in [1.54, 1.807) is 6.07 Å². The molecule has 0 bridgehead atoms. The molecule has 1 amide bonds. The van der Waals surface area contributed by atoms with Crippen molar-refractivity contribution in [2.24, 2.45) is 0 Å². The van der Waals surface area contributed by atoms with Crippen molar-refractivity contribution in [2.45, 2.75) is 90.1 Å². The lowest BCUT2D eigenvalue weighted by atomic mass is 9.77. The molecule has 2 heterocycles. The lowest BCUT2D eigenvalue weighted by Gasteiger charge is -2.42. The highest BCUT2D eigenvalue weighted by atomic mass is 16.5. The van der Waals surface area contributed by atoms with Crippen LogP contribution in [0.4, 0.5) is 0 Å². The van der Waals surface area contributed by atoms with E-state index in [2.05, 4.69) is 13.0 Å². The van der Waals surface area contributed by atoms with Crippen molar-refractivity contribution >= 4 is 17.3 Å². The number of rotatable bonds is 5. The second-order valence-electron chi connectivity index (χ2n) is 9.52. The van der Waals surface area contributed by atoms with E-state index in [0.717, 1.165) is 75.6 Å². The van der Waals surface area contributed by atoms with Crippen LogP contribution in [0.15, 0.2) is 12.1 Å². The Morgan fingerprint density at radius 1 is 1.19 bits per heavy atom. The Balaban J connectivity index is 1.77. The van der Waals surface area contributed by atoms with E-state index in [-0.39, 0.29) is 23.9 Å². The summed E-state index contributed by atoms with van der Waals surface area (Å²) in [6.07, 6.45) is 11.6. The molecule has 2 fully saturated rings. The summed E-state index contributed by atoms with van der Waals surface area (Å²) in [5, 5.41) is 11.0. The number of phenols is 1. The highest BCUT2D eigenvalue weighted by molar-refractivity contribution is 6.04. The van der Waals surface area contributed by atoms with Crippen molar-refractivity contribution in [3.8, 4) is 11.5 Å². The third-order valence-corrected chi connectivity index (χ3v) is 7.10. The third kappa shape index (κ3) is 4.37. The summed E-state index contributed by atoms with van der Waals surface area (Å²) >= 11 is 0. The normalized spacial score (nSPS) is 20.6. The van der Waals surface area contributed by atoms with Crippen LogP contribution in [0.2, 0.25) is 0 Å². The molecule has 3 aliphatic rings. The molecule has 1 saturated carbocycles. The van der Waals surface area contributed by atoms with Gasteiger partial charge in [-0.15, -0.1) is 0 Å². The Morgan fingerprint density at radius 2 is 1.90 bits per heavy atom. The van der Waals surface area contributed by atoms with Crippen molar-refractivity contribution in [3.05, 3.63) is 28.8 Å². The number of hydrogen-bond acceptors (Lipinski definition) is 4. The number of amides is 1. The minimum atomic E-state index is -0.466. The predicted molar refractivity (Wildman–Crippen MR) is 122 cm³/mol. The molecule has 1 saturated heterocycles. The van der Waals surface area contributed by atoms with E-state index in [9.17, 15) is 14.7 Å². The van der Waals surface area contributed by atoms with Crippen LogP contribution in [0.1, 0.15) is 99.0 Å². The van der Waals surface area contributed by atoms with Crippen molar-refractivity contribution < 1.29 is 19.4 Å². The summed E-state index contributed by atoms with van der Waals surface area (Å²) in [5.41, 5.74) is 2.20. The van der Waals surface area contributed by atoms with Gasteiger partial charge in [0.25, 0.3) is 0 Å². The average molecular weight is 426 g/mol. The van der Waals surface area contributed by atoms with Gasteiger partial charge in [0.05, 0.1) is 24.0 Å². The number of aromatic hydroxyl groups is 1. The molecule has 1 N–H and O–H groups in total. The molecule has 1 spiro atoms. The van der Waals surface area contributed by atoms with Gasteiger partial charge >= 0.3 is 0 Å². The van der Waals surface area contributed by atoms with Crippen molar-refractivity contribution in [1.29, 1.82) is 0 Å². The number of nitrogens with zero attached hydrogens (tertiary/aromatic N) is 1. The fourth-order valence-corrected chi connectivity index (χ4v) is 5.46. The number of hydrogen-bond donors (Lipinski definition) is 1. The van der Waals surface area contributed by atoms with Crippen LogP contribution in [-0.2, 0) is 4.79 Å². The van der Waals surface area contributed by atoms with Gasteiger partial charge in [0.15, 0.2) is 5.78 Å². The van der Waals surface area contributed by atoms with Gasteiger partial charge < -0.3 is 14.7 Å². The lowest BCUT2D eigenvalue weighted by molar-refractivity contribution is -0.128. The topological polar surface area (TPSA) is 66.8 Å². The van der Waals surface area contributed by atoms with Gasteiger partial charge in [0, 0.05) is 13.1 Å². The van der Waals surface area contributed by atoms with E-state index >= 15 is 0 Å². The SMILES string of the molecule is CCC/C=C(\CC(=O)N1CCCC1)c1c(O)cc(C)c2c1OC1(CCCCC1)CC2=O.